The number of hydrogen-bond donors (Lipinski definition) is 1. The highest BCUT2D eigenvalue weighted by atomic mass is 15.3. The number of rotatable bonds is 2. The predicted molar refractivity (Wildman–Crippen MR) is 105 cm³/mol. The zero-order chi connectivity index (χ0) is 17.4. The average molecular weight is 331 g/mol. The van der Waals surface area contributed by atoms with E-state index < -0.39 is 0 Å². The fraction of sp³-hybridized carbons (Fsp3) is 0.318. The van der Waals surface area contributed by atoms with Crippen molar-refractivity contribution in [2.75, 3.05) is 11.9 Å². The molecule has 0 saturated carbocycles. The predicted octanol–water partition coefficient (Wildman–Crippen LogP) is 5.21. The Kier molecular flexibility index (Phi) is 4.08. The molecule has 25 heavy (non-hydrogen) atoms. The molecule has 2 aromatic carbocycles. The summed E-state index contributed by atoms with van der Waals surface area (Å²) in [5.41, 5.74) is 8.63. The van der Waals surface area contributed by atoms with E-state index in [1.54, 1.807) is 0 Å². The highest BCUT2D eigenvalue weighted by Crippen LogP contribution is 2.34. The van der Waals surface area contributed by atoms with Crippen LogP contribution in [-0.4, -0.2) is 16.3 Å². The molecule has 3 aromatic rings. The number of anilines is 1. The molecule has 0 bridgehead atoms. The fourth-order valence-electron chi connectivity index (χ4n) is 3.57. The van der Waals surface area contributed by atoms with Gasteiger partial charge < -0.3 is 5.32 Å². The molecule has 0 amide bonds. The van der Waals surface area contributed by atoms with E-state index in [0.29, 0.717) is 0 Å². The lowest BCUT2D eigenvalue weighted by atomic mass is 10.0. The average Bonchev–Trinajstić information content (AvgIpc) is 2.79. The Morgan fingerprint density at radius 2 is 1.68 bits per heavy atom. The van der Waals surface area contributed by atoms with E-state index >= 15 is 0 Å². The van der Waals surface area contributed by atoms with Crippen molar-refractivity contribution in [3.05, 3.63) is 64.7 Å². The normalized spacial score (nSPS) is 13.9. The van der Waals surface area contributed by atoms with Crippen molar-refractivity contribution in [2.45, 2.75) is 40.0 Å². The quantitative estimate of drug-likeness (QED) is 0.698. The van der Waals surface area contributed by atoms with Gasteiger partial charge in [0.05, 0.1) is 11.4 Å². The van der Waals surface area contributed by atoms with E-state index in [4.69, 9.17) is 5.10 Å². The topological polar surface area (TPSA) is 29.9 Å². The van der Waals surface area contributed by atoms with Gasteiger partial charge in [-0.3, -0.25) is 0 Å². The van der Waals surface area contributed by atoms with E-state index in [2.05, 4.69) is 73.2 Å². The Morgan fingerprint density at radius 1 is 0.920 bits per heavy atom. The Hall–Kier alpha value is -2.55. The van der Waals surface area contributed by atoms with E-state index in [0.717, 1.165) is 18.7 Å². The Balaban J connectivity index is 1.93. The molecule has 0 atom stereocenters. The van der Waals surface area contributed by atoms with Gasteiger partial charge in [0.25, 0.3) is 0 Å². The third kappa shape index (κ3) is 2.95. The van der Waals surface area contributed by atoms with Gasteiger partial charge >= 0.3 is 0 Å². The summed E-state index contributed by atoms with van der Waals surface area (Å²) >= 11 is 0. The molecule has 0 spiro atoms. The number of aromatic nitrogens is 2. The third-order valence-corrected chi connectivity index (χ3v) is 5.05. The van der Waals surface area contributed by atoms with Crippen molar-refractivity contribution in [1.82, 2.24) is 9.78 Å². The molecule has 1 aromatic heterocycles. The second-order valence-corrected chi connectivity index (χ2v) is 7.13. The van der Waals surface area contributed by atoms with Gasteiger partial charge in [-0.25, -0.2) is 4.68 Å². The summed E-state index contributed by atoms with van der Waals surface area (Å²) in [5.74, 6) is 1.17. The molecule has 0 unspecified atom stereocenters. The van der Waals surface area contributed by atoms with Gasteiger partial charge in [-0.1, -0.05) is 42.0 Å². The van der Waals surface area contributed by atoms with Crippen LogP contribution in [0.1, 0.15) is 35.1 Å². The molecule has 0 radical (unpaired) electrons. The summed E-state index contributed by atoms with van der Waals surface area (Å²) in [5, 5.41) is 8.70. The molecule has 0 fully saturated rings. The Morgan fingerprint density at radius 3 is 2.48 bits per heavy atom. The lowest BCUT2D eigenvalue weighted by Gasteiger charge is -2.12. The molecule has 1 aliphatic heterocycles. The first-order chi connectivity index (χ1) is 12.1. The molecular formula is C22H25N3. The molecule has 3 nitrogen and oxygen atoms in total. The monoisotopic (exact) mass is 331 g/mol. The molecule has 3 heteroatoms. The Bertz CT molecular complexity index is 904. The first-order valence-corrected chi connectivity index (χ1v) is 9.14. The number of aryl methyl sites for hydroxylation is 3. The number of hydrogen-bond acceptors (Lipinski definition) is 2. The van der Waals surface area contributed by atoms with Crippen LogP contribution in [-0.2, 0) is 6.42 Å². The van der Waals surface area contributed by atoms with Crippen molar-refractivity contribution in [3.8, 4) is 16.9 Å². The van der Waals surface area contributed by atoms with Gasteiger partial charge in [0.2, 0.25) is 0 Å². The summed E-state index contributed by atoms with van der Waals surface area (Å²) in [6.07, 6.45) is 3.49. The van der Waals surface area contributed by atoms with Gasteiger partial charge in [-0.15, -0.1) is 0 Å². The molecule has 1 N–H and O–H groups in total. The minimum absolute atomic E-state index is 1.01. The largest absolute Gasteiger partial charge is 0.370 e. The maximum atomic E-state index is 5.06. The third-order valence-electron chi connectivity index (χ3n) is 5.05. The number of benzene rings is 2. The van der Waals surface area contributed by atoms with Crippen LogP contribution in [0.3, 0.4) is 0 Å². The Labute approximate surface area is 149 Å². The zero-order valence-corrected chi connectivity index (χ0v) is 15.3. The van der Waals surface area contributed by atoms with Gasteiger partial charge in [-0.2, -0.15) is 5.10 Å². The second kappa shape index (κ2) is 6.40. The van der Waals surface area contributed by atoms with Crippen LogP contribution in [0, 0.1) is 20.8 Å². The van der Waals surface area contributed by atoms with Crippen LogP contribution >= 0.6 is 0 Å². The SMILES string of the molecule is Cc1ccc(-c2nn(-c3cc(C)ccc3C)c3c2CCCCN3)cc1. The van der Waals surface area contributed by atoms with Crippen LogP contribution in [0.5, 0.6) is 0 Å². The minimum atomic E-state index is 1.01. The molecular weight excluding hydrogens is 306 g/mol. The van der Waals surface area contributed by atoms with Crippen LogP contribution in [0.15, 0.2) is 42.5 Å². The van der Waals surface area contributed by atoms with Crippen LogP contribution in [0.2, 0.25) is 0 Å². The molecule has 2 heterocycles. The van der Waals surface area contributed by atoms with Crippen molar-refractivity contribution in [2.24, 2.45) is 0 Å². The van der Waals surface area contributed by atoms with Crippen molar-refractivity contribution >= 4 is 5.82 Å². The molecule has 1 aliphatic rings. The fourth-order valence-corrected chi connectivity index (χ4v) is 3.57. The molecule has 128 valence electrons. The first kappa shape index (κ1) is 15.9. The zero-order valence-electron chi connectivity index (χ0n) is 15.3. The van der Waals surface area contributed by atoms with Crippen LogP contribution in [0.4, 0.5) is 5.82 Å². The van der Waals surface area contributed by atoms with Crippen LogP contribution in [0.25, 0.3) is 16.9 Å². The maximum Gasteiger partial charge on any atom is 0.133 e. The highest BCUT2D eigenvalue weighted by Gasteiger charge is 2.22. The van der Waals surface area contributed by atoms with Crippen LogP contribution < -0.4 is 5.32 Å². The van der Waals surface area contributed by atoms with Gasteiger partial charge in [0, 0.05) is 17.7 Å². The van der Waals surface area contributed by atoms with Crippen molar-refractivity contribution < 1.29 is 0 Å². The molecule has 4 rings (SSSR count). The van der Waals surface area contributed by atoms with Gasteiger partial charge in [0.15, 0.2) is 0 Å². The molecule has 0 saturated heterocycles. The molecule has 0 aliphatic carbocycles. The van der Waals surface area contributed by atoms with E-state index in [9.17, 15) is 0 Å². The van der Waals surface area contributed by atoms with E-state index in [1.807, 2.05) is 0 Å². The lowest BCUT2D eigenvalue weighted by Crippen LogP contribution is -2.08. The first-order valence-electron chi connectivity index (χ1n) is 9.14. The number of nitrogens with one attached hydrogen (secondary N) is 1. The number of fused-ring (bicyclic) bond motifs is 1. The minimum Gasteiger partial charge on any atom is -0.370 e. The smallest absolute Gasteiger partial charge is 0.133 e. The van der Waals surface area contributed by atoms with E-state index in [-0.39, 0.29) is 0 Å². The summed E-state index contributed by atoms with van der Waals surface area (Å²) in [6, 6.07) is 15.3. The number of nitrogens with zero attached hydrogens (tertiary/aromatic N) is 2. The summed E-state index contributed by atoms with van der Waals surface area (Å²) in [6.45, 7) is 7.43. The standard InChI is InChI=1S/C22H25N3/c1-15-8-11-18(12-9-15)21-19-6-4-5-13-23-22(19)25(24-21)20-14-16(2)7-10-17(20)3/h7-12,14,23H,4-6,13H2,1-3H3. The van der Waals surface area contributed by atoms with Gasteiger partial charge in [-0.05, 0) is 57.2 Å². The summed E-state index contributed by atoms with van der Waals surface area (Å²) in [7, 11) is 0. The van der Waals surface area contributed by atoms with Crippen molar-refractivity contribution in [1.29, 1.82) is 0 Å². The van der Waals surface area contributed by atoms with Gasteiger partial charge in [0.1, 0.15) is 5.82 Å². The highest BCUT2D eigenvalue weighted by molar-refractivity contribution is 5.71. The van der Waals surface area contributed by atoms with Crippen molar-refractivity contribution in [3.63, 3.8) is 0 Å². The lowest BCUT2D eigenvalue weighted by molar-refractivity contribution is 0.779. The second-order valence-electron chi connectivity index (χ2n) is 7.13. The maximum absolute atomic E-state index is 5.06. The van der Waals surface area contributed by atoms with E-state index in [1.165, 1.54) is 52.2 Å². The summed E-state index contributed by atoms with van der Waals surface area (Å²) in [4.78, 5) is 0. The summed E-state index contributed by atoms with van der Waals surface area (Å²) < 4.78 is 2.12.